The van der Waals surface area contributed by atoms with Crippen molar-refractivity contribution in [2.75, 3.05) is 30.3 Å². The van der Waals surface area contributed by atoms with Gasteiger partial charge in [0.05, 0.1) is 11.9 Å². The van der Waals surface area contributed by atoms with Crippen molar-refractivity contribution in [3.05, 3.63) is 48.7 Å². The second kappa shape index (κ2) is 6.76. The van der Waals surface area contributed by atoms with Gasteiger partial charge in [0.2, 0.25) is 0 Å². The third-order valence-electron chi connectivity index (χ3n) is 3.14. The van der Waals surface area contributed by atoms with Crippen LogP contribution in [0.2, 0.25) is 0 Å². The molecule has 6 nitrogen and oxygen atoms in total. The standard InChI is InChI=1S/C15H20N4O2S/c1-4-19(14-8-6-5-7-9-14)15-11-10-13(12-16-15)17-22(20,21)18(2)3/h5-12,17H,4H2,1-3H3. The van der Waals surface area contributed by atoms with Crippen LogP contribution in [0.15, 0.2) is 48.7 Å². The predicted octanol–water partition coefficient (Wildman–Crippen LogP) is 2.46. The lowest BCUT2D eigenvalue weighted by molar-refractivity contribution is 0.527. The molecule has 0 unspecified atom stereocenters. The molecular weight excluding hydrogens is 300 g/mol. The number of hydrogen-bond acceptors (Lipinski definition) is 4. The van der Waals surface area contributed by atoms with Gasteiger partial charge in [-0.25, -0.2) is 4.98 Å². The lowest BCUT2D eigenvalue weighted by atomic mass is 10.3. The highest BCUT2D eigenvalue weighted by atomic mass is 32.2. The maximum absolute atomic E-state index is 11.8. The third-order valence-corrected chi connectivity index (χ3v) is 4.59. The summed E-state index contributed by atoms with van der Waals surface area (Å²) >= 11 is 0. The van der Waals surface area contributed by atoms with E-state index >= 15 is 0 Å². The Morgan fingerprint density at radius 2 is 1.77 bits per heavy atom. The van der Waals surface area contributed by atoms with Crippen LogP contribution in [0.25, 0.3) is 0 Å². The second-order valence-electron chi connectivity index (χ2n) is 4.87. The van der Waals surface area contributed by atoms with Gasteiger partial charge in [0.25, 0.3) is 0 Å². The zero-order chi connectivity index (χ0) is 16.2. The Kier molecular flexibility index (Phi) is 4.99. The summed E-state index contributed by atoms with van der Waals surface area (Å²) in [5.41, 5.74) is 1.47. The van der Waals surface area contributed by atoms with E-state index in [4.69, 9.17) is 0 Å². The van der Waals surface area contributed by atoms with Gasteiger partial charge in [0, 0.05) is 26.3 Å². The van der Waals surface area contributed by atoms with E-state index in [2.05, 4.69) is 9.71 Å². The fraction of sp³-hybridized carbons (Fsp3) is 0.267. The summed E-state index contributed by atoms with van der Waals surface area (Å²) in [5.74, 6) is 0.765. The number of nitrogens with zero attached hydrogens (tertiary/aromatic N) is 3. The monoisotopic (exact) mass is 320 g/mol. The molecule has 2 aromatic rings. The molecule has 0 amide bonds. The highest BCUT2D eigenvalue weighted by molar-refractivity contribution is 7.90. The van der Waals surface area contributed by atoms with Crippen molar-refractivity contribution in [3.63, 3.8) is 0 Å². The molecule has 0 saturated heterocycles. The first-order valence-electron chi connectivity index (χ1n) is 6.93. The molecule has 7 heteroatoms. The minimum absolute atomic E-state index is 0.432. The number of benzene rings is 1. The molecule has 0 bridgehead atoms. The summed E-state index contributed by atoms with van der Waals surface area (Å²) < 4.78 is 27.1. The average molecular weight is 320 g/mol. The lowest BCUT2D eigenvalue weighted by Crippen LogP contribution is -2.29. The summed E-state index contributed by atoms with van der Waals surface area (Å²) in [6.07, 6.45) is 1.52. The van der Waals surface area contributed by atoms with Gasteiger partial charge in [-0.2, -0.15) is 12.7 Å². The van der Waals surface area contributed by atoms with Gasteiger partial charge in [0.15, 0.2) is 0 Å². The summed E-state index contributed by atoms with van der Waals surface area (Å²) in [7, 11) is -0.571. The Morgan fingerprint density at radius 3 is 2.27 bits per heavy atom. The summed E-state index contributed by atoms with van der Waals surface area (Å²) in [5, 5.41) is 0. The molecule has 1 aromatic carbocycles. The molecule has 0 fully saturated rings. The maximum Gasteiger partial charge on any atom is 0.301 e. The van der Waals surface area contributed by atoms with Crippen LogP contribution in [-0.2, 0) is 10.2 Å². The number of nitrogens with one attached hydrogen (secondary N) is 1. The quantitative estimate of drug-likeness (QED) is 0.888. The molecule has 0 aliphatic carbocycles. The van der Waals surface area contributed by atoms with E-state index in [0.29, 0.717) is 5.69 Å². The SMILES string of the molecule is CCN(c1ccccc1)c1ccc(NS(=O)(=O)N(C)C)cn1. The number of anilines is 3. The number of rotatable bonds is 6. The van der Waals surface area contributed by atoms with Crippen molar-refractivity contribution in [3.8, 4) is 0 Å². The molecule has 0 atom stereocenters. The van der Waals surface area contributed by atoms with E-state index < -0.39 is 10.2 Å². The molecule has 0 spiro atoms. The molecule has 2 rings (SSSR count). The largest absolute Gasteiger partial charge is 0.327 e. The molecule has 0 radical (unpaired) electrons. The molecule has 1 aromatic heterocycles. The van der Waals surface area contributed by atoms with Crippen molar-refractivity contribution < 1.29 is 8.42 Å². The first-order chi connectivity index (χ1) is 10.4. The number of pyridine rings is 1. The van der Waals surface area contributed by atoms with E-state index in [1.165, 1.54) is 20.3 Å². The van der Waals surface area contributed by atoms with E-state index in [9.17, 15) is 8.42 Å². The summed E-state index contributed by atoms with van der Waals surface area (Å²) in [4.78, 5) is 6.40. The van der Waals surface area contributed by atoms with Crippen molar-refractivity contribution >= 4 is 27.4 Å². The van der Waals surface area contributed by atoms with Gasteiger partial charge >= 0.3 is 10.2 Å². The van der Waals surface area contributed by atoms with Crippen LogP contribution in [0, 0.1) is 0 Å². The molecule has 118 valence electrons. The Hall–Kier alpha value is -2.12. The van der Waals surface area contributed by atoms with Gasteiger partial charge in [-0.1, -0.05) is 18.2 Å². The van der Waals surface area contributed by atoms with Crippen molar-refractivity contribution in [2.45, 2.75) is 6.92 Å². The topological polar surface area (TPSA) is 65.5 Å². The van der Waals surface area contributed by atoms with Crippen molar-refractivity contribution in [1.82, 2.24) is 9.29 Å². The molecule has 22 heavy (non-hydrogen) atoms. The highest BCUT2D eigenvalue weighted by Crippen LogP contribution is 2.23. The fourth-order valence-corrected chi connectivity index (χ4v) is 2.53. The predicted molar refractivity (Wildman–Crippen MR) is 89.6 cm³/mol. The summed E-state index contributed by atoms with van der Waals surface area (Å²) in [6.45, 7) is 2.80. The van der Waals surface area contributed by atoms with Crippen LogP contribution in [0.1, 0.15) is 6.92 Å². The Bertz CT molecular complexity index is 700. The lowest BCUT2D eigenvalue weighted by Gasteiger charge is -2.22. The zero-order valence-corrected chi connectivity index (χ0v) is 13.7. The van der Waals surface area contributed by atoms with Crippen LogP contribution in [-0.4, -0.2) is 38.3 Å². The van der Waals surface area contributed by atoms with E-state index in [1.54, 1.807) is 12.1 Å². The molecule has 0 aliphatic heterocycles. The van der Waals surface area contributed by atoms with Gasteiger partial charge in [-0.3, -0.25) is 4.72 Å². The maximum atomic E-state index is 11.8. The third kappa shape index (κ3) is 3.75. The molecule has 0 saturated carbocycles. The van der Waals surface area contributed by atoms with E-state index in [1.807, 2.05) is 42.2 Å². The fourth-order valence-electron chi connectivity index (χ4n) is 1.93. The Balaban J connectivity index is 2.21. The summed E-state index contributed by atoms with van der Waals surface area (Å²) in [6, 6.07) is 13.4. The molecule has 0 aliphatic rings. The van der Waals surface area contributed by atoms with E-state index in [-0.39, 0.29) is 0 Å². The minimum atomic E-state index is -3.51. The molecule has 1 N–H and O–H groups in total. The normalized spacial score (nSPS) is 11.5. The van der Waals surface area contributed by atoms with Crippen molar-refractivity contribution in [2.24, 2.45) is 0 Å². The number of para-hydroxylation sites is 1. The van der Waals surface area contributed by atoms with Gasteiger partial charge < -0.3 is 4.90 Å². The van der Waals surface area contributed by atoms with Crippen LogP contribution in [0.3, 0.4) is 0 Å². The Morgan fingerprint density at radius 1 is 1.09 bits per heavy atom. The Labute approximate surface area is 131 Å². The van der Waals surface area contributed by atoms with E-state index in [0.717, 1.165) is 22.4 Å². The molecular formula is C15H20N4O2S. The first-order valence-corrected chi connectivity index (χ1v) is 8.37. The highest BCUT2D eigenvalue weighted by Gasteiger charge is 2.14. The van der Waals surface area contributed by atoms with Crippen LogP contribution < -0.4 is 9.62 Å². The molecule has 1 heterocycles. The van der Waals surface area contributed by atoms with Gasteiger partial charge in [-0.05, 0) is 31.2 Å². The van der Waals surface area contributed by atoms with Crippen LogP contribution in [0.5, 0.6) is 0 Å². The van der Waals surface area contributed by atoms with Crippen molar-refractivity contribution in [1.29, 1.82) is 0 Å². The second-order valence-corrected chi connectivity index (χ2v) is 6.76. The zero-order valence-electron chi connectivity index (χ0n) is 12.9. The number of aromatic nitrogens is 1. The minimum Gasteiger partial charge on any atom is -0.327 e. The first kappa shape index (κ1) is 16.3. The van der Waals surface area contributed by atoms with Crippen LogP contribution >= 0.6 is 0 Å². The number of hydrogen-bond donors (Lipinski definition) is 1. The van der Waals surface area contributed by atoms with Gasteiger partial charge in [0.1, 0.15) is 5.82 Å². The van der Waals surface area contributed by atoms with Gasteiger partial charge in [-0.15, -0.1) is 0 Å². The average Bonchev–Trinajstić information content (AvgIpc) is 2.50. The van der Waals surface area contributed by atoms with Crippen LogP contribution in [0.4, 0.5) is 17.2 Å². The smallest absolute Gasteiger partial charge is 0.301 e.